The van der Waals surface area contributed by atoms with Crippen molar-refractivity contribution in [1.82, 2.24) is 5.32 Å². The molecule has 2 heterocycles. The zero-order valence-electron chi connectivity index (χ0n) is 12.3. The average Bonchev–Trinajstić information content (AvgIpc) is 2.67. The molecule has 0 aliphatic carbocycles. The Morgan fingerprint density at radius 3 is 2.22 bits per heavy atom. The van der Waals surface area contributed by atoms with E-state index in [1.807, 2.05) is 20.8 Å². The Balaban J connectivity index is 2.12. The van der Waals surface area contributed by atoms with Crippen molar-refractivity contribution in [3.63, 3.8) is 0 Å². The first-order chi connectivity index (χ1) is 8.05. The van der Waals surface area contributed by atoms with Gasteiger partial charge in [0.05, 0.1) is 19.3 Å². The average molecular weight is 259 g/mol. The van der Waals surface area contributed by atoms with Crippen molar-refractivity contribution in [2.24, 2.45) is 5.41 Å². The van der Waals surface area contributed by atoms with Crippen LogP contribution in [0.15, 0.2) is 0 Å². The van der Waals surface area contributed by atoms with Crippen LogP contribution in [0.4, 0.5) is 4.39 Å². The van der Waals surface area contributed by atoms with Gasteiger partial charge in [-0.15, -0.1) is 0 Å². The molecule has 4 atom stereocenters. The van der Waals surface area contributed by atoms with Gasteiger partial charge in [-0.25, -0.2) is 4.39 Å². The summed E-state index contributed by atoms with van der Waals surface area (Å²) in [6.07, 6.45) is -0.620. The van der Waals surface area contributed by atoms with Crippen LogP contribution in [-0.4, -0.2) is 42.7 Å². The van der Waals surface area contributed by atoms with Gasteiger partial charge in [-0.05, 0) is 20.8 Å². The molecular weight excluding hydrogens is 233 g/mol. The summed E-state index contributed by atoms with van der Waals surface area (Å²) >= 11 is 0. The number of fused-ring (bicyclic) bond motifs is 1. The summed E-state index contributed by atoms with van der Waals surface area (Å²) < 4.78 is 26.5. The van der Waals surface area contributed by atoms with E-state index in [4.69, 9.17) is 9.47 Å². The third-order valence-electron chi connectivity index (χ3n) is 3.95. The Morgan fingerprint density at radius 1 is 1.11 bits per heavy atom. The van der Waals surface area contributed by atoms with Gasteiger partial charge in [0.25, 0.3) is 0 Å². The Hall–Kier alpha value is -0.190. The molecule has 2 aliphatic rings. The number of hydrogen-bond donors (Lipinski definition) is 1. The number of hydrogen-bond acceptors (Lipinski definition) is 3. The molecule has 4 heteroatoms. The van der Waals surface area contributed by atoms with Gasteiger partial charge in [0.1, 0.15) is 12.2 Å². The van der Waals surface area contributed by atoms with Crippen molar-refractivity contribution in [3.05, 3.63) is 0 Å². The summed E-state index contributed by atoms with van der Waals surface area (Å²) in [5, 5.41) is 3.46. The summed E-state index contributed by atoms with van der Waals surface area (Å²) in [6.45, 7) is 12.7. The number of alkyl halides is 1. The highest BCUT2D eigenvalue weighted by Crippen LogP contribution is 2.47. The Morgan fingerprint density at radius 2 is 1.72 bits per heavy atom. The highest BCUT2D eigenvalue weighted by molar-refractivity contribution is 5.11. The smallest absolute Gasteiger partial charge is 0.167 e. The molecule has 2 aliphatic heterocycles. The Bertz CT molecular complexity index is 321. The first-order valence-electron chi connectivity index (χ1n) is 6.74. The minimum atomic E-state index is -1.40. The van der Waals surface area contributed by atoms with Crippen LogP contribution in [-0.2, 0) is 9.47 Å². The maximum absolute atomic E-state index is 15.1. The lowest BCUT2D eigenvalue weighted by atomic mass is 9.75. The van der Waals surface area contributed by atoms with Crippen LogP contribution in [0.5, 0.6) is 0 Å². The largest absolute Gasteiger partial charge is 0.370 e. The zero-order valence-corrected chi connectivity index (χ0v) is 12.3. The maximum Gasteiger partial charge on any atom is 0.167 e. The molecule has 1 N–H and O–H groups in total. The van der Waals surface area contributed by atoms with E-state index in [-0.39, 0.29) is 24.3 Å². The van der Waals surface area contributed by atoms with E-state index in [2.05, 4.69) is 26.1 Å². The van der Waals surface area contributed by atoms with Crippen molar-refractivity contribution in [2.45, 2.75) is 71.0 Å². The standard InChI is InChI=1S/C14H26FNO2/c1-12(2,3)14(15)8-18-10-9(7-17-11(10)14)16-13(4,5)6/h9-11,16H,7-8H2,1-6H3/t9-,10-,11+,14?/m1/s1. The maximum atomic E-state index is 15.1. The molecule has 18 heavy (non-hydrogen) atoms. The van der Waals surface area contributed by atoms with E-state index in [9.17, 15) is 0 Å². The van der Waals surface area contributed by atoms with Gasteiger partial charge < -0.3 is 14.8 Å². The first kappa shape index (κ1) is 14.2. The van der Waals surface area contributed by atoms with E-state index >= 15 is 4.39 Å². The summed E-state index contributed by atoms with van der Waals surface area (Å²) in [6, 6.07) is 0.0787. The van der Waals surface area contributed by atoms with Crippen LogP contribution >= 0.6 is 0 Å². The van der Waals surface area contributed by atoms with Crippen LogP contribution in [0, 0.1) is 5.41 Å². The third-order valence-corrected chi connectivity index (χ3v) is 3.95. The fourth-order valence-corrected chi connectivity index (χ4v) is 2.83. The minimum Gasteiger partial charge on any atom is -0.370 e. The Labute approximate surface area is 109 Å². The van der Waals surface area contributed by atoms with Crippen LogP contribution < -0.4 is 5.32 Å². The number of halogens is 1. The molecule has 106 valence electrons. The third kappa shape index (κ3) is 2.30. The van der Waals surface area contributed by atoms with Crippen molar-refractivity contribution < 1.29 is 13.9 Å². The SMILES string of the molecule is CC(C)(C)N[C@@H]1CO[C@H]2[C@@H]1OCC2(F)C(C)(C)C. The number of ether oxygens (including phenoxy) is 2. The molecular formula is C14H26FNO2. The summed E-state index contributed by atoms with van der Waals surface area (Å²) in [7, 11) is 0. The topological polar surface area (TPSA) is 30.5 Å². The van der Waals surface area contributed by atoms with Crippen LogP contribution in [0.2, 0.25) is 0 Å². The van der Waals surface area contributed by atoms with Gasteiger partial charge in [-0.3, -0.25) is 0 Å². The molecule has 0 aromatic carbocycles. The summed E-state index contributed by atoms with van der Waals surface area (Å²) in [5.74, 6) is 0. The van der Waals surface area contributed by atoms with Crippen molar-refractivity contribution >= 4 is 0 Å². The molecule has 0 amide bonds. The van der Waals surface area contributed by atoms with Crippen molar-refractivity contribution in [2.75, 3.05) is 13.2 Å². The van der Waals surface area contributed by atoms with E-state index in [0.29, 0.717) is 6.61 Å². The predicted molar refractivity (Wildman–Crippen MR) is 69.5 cm³/mol. The molecule has 0 spiro atoms. The Kier molecular flexibility index (Phi) is 3.28. The highest BCUT2D eigenvalue weighted by atomic mass is 19.1. The first-order valence-corrected chi connectivity index (χ1v) is 6.74. The lowest BCUT2D eigenvalue weighted by Gasteiger charge is -2.36. The lowest BCUT2D eigenvalue weighted by molar-refractivity contribution is -0.0715. The second-order valence-electron chi connectivity index (χ2n) is 7.64. The number of nitrogens with one attached hydrogen (secondary N) is 1. The molecule has 3 nitrogen and oxygen atoms in total. The molecule has 1 unspecified atom stereocenters. The van der Waals surface area contributed by atoms with Gasteiger partial charge in [0.15, 0.2) is 5.67 Å². The van der Waals surface area contributed by atoms with E-state index in [0.717, 1.165) is 0 Å². The van der Waals surface area contributed by atoms with E-state index < -0.39 is 17.2 Å². The number of rotatable bonds is 1. The molecule has 2 rings (SSSR count). The van der Waals surface area contributed by atoms with Gasteiger partial charge >= 0.3 is 0 Å². The monoisotopic (exact) mass is 259 g/mol. The highest BCUT2D eigenvalue weighted by Gasteiger charge is 2.62. The predicted octanol–water partition coefficient (Wildman–Crippen LogP) is 2.30. The van der Waals surface area contributed by atoms with Crippen LogP contribution in [0.3, 0.4) is 0 Å². The molecule has 0 radical (unpaired) electrons. The second-order valence-corrected chi connectivity index (χ2v) is 7.64. The summed E-state index contributed by atoms with van der Waals surface area (Å²) in [5.41, 5.74) is -1.88. The molecule has 0 aromatic rings. The summed E-state index contributed by atoms with van der Waals surface area (Å²) in [4.78, 5) is 0. The van der Waals surface area contributed by atoms with Crippen molar-refractivity contribution in [1.29, 1.82) is 0 Å². The molecule has 0 saturated carbocycles. The quantitative estimate of drug-likeness (QED) is 0.784. The van der Waals surface area contributed by atoms with E-state index in [1.54, 1.807) is 0 Å². The zero-order chi connectivity index (χ0) is 13.8. The van der Waals surface area contributed by atoms with Gasteiger partial charge in [-0.2, -0.15) is 0 Å². The van der Waals surface area contributed by atoms with Gasteiger partial charge in [0, 0.05) is 11.0 Å². The molecule has 2 fully saturated rings. The molecule has 0 bridgehead atoms. The molecule has 2 saturated heterocycles. The fourth-order valence-electron chi connectivity index (χ4n) is 2.83. The van der Waals surface area contributed by atoms with Gasteiger partial charge in [0.2, 0.25) is 0 Å². The van der Waals surface area contributed by atoms with E-state index in [1.165, 1.54) is 0 Å². The van der Waals surface area contributed by atoms with Gasteiger partial charge in [-0.1, -0.05) is 20.8 Å². The van der Waals surface area contributed by atoms with Crippen LogP contribution in [0.25, 0.3) is 0 Å². The lowest BCUT2D eigenvalue weighted by Crippen LogP contribution is -2.52. The molecule has 0 aromatic heterocycles. The second kappa shape index (κ2) is 4.15. The van der Waals surface area contributed by atoms with Crippen LogP contribution in [0.1, 0.15) is 41.5 Å². The normalized spacial score (nSPS) is 41.2. The minimum absolute atomic E-state index is 0.0183. The van der Waals surface area contributed by atoms with Crippen molar-refractivity contribution in [3.8, 4) is 0 Å². The fraction of sp³-hybridized carbons (Fsp3) is 1.00.